The van der Waals surface area contributed by atoms with Crippen LogP contribution >= 0.6 is 27.7 Å². The molecule has 0 spiro atoms. The van der Waals surface area contributed by atoms with Gasteiger partial charge in [-0.2, -0.15) is 0 Å². The molecule has 0 atom stereocenters. The third kappa shape index (κ3) is 1.41. The molecule has 0 saturated carbocycles. The summed E-state index contributed by atoms with van der Waals surface area (Å²) < 4.78 is 2.49. The zero-order valence-electron chi connectivity index (χ0n) is 8.05. The Kier molecular flexibility index (Phi) is 2.33. The summed E-state index contributed by atoms with van der Waals surface area (Å²) in [5.41, 5.74) is 0.886. The van der Waals surface area contributed by atoms with Crippen molar-refractivity contribution in [2.24, 2.45) is 0 Å². The van der Waals surface area contributed by atoms with Gasteiger partial charge in [0.2, 0.25) is 5.91 Å². The van der Waals surface area contributed by atoms with Gasteiger partial charge in [-0.3, -0.25) is 4.79 Å². The highest BCUT2D eigenvalue weighted by atomic mass is 79.9. The van der Waals surface area contributed by atoms with Gasteiger partial charge in [-0.25, -0.2) is 4.57 Å². The molecule has 0 saturated heterocycles. The molecule has 3 rings (SSSR count). The molecule has 0 bridgehead atoms. The Morgan fingerprint density at radius 1 is 1.31 bits per heavy atom. The first-order valence-corrected chi connectivity index (χ1v) is 6.41. The monoisotopic (exact) mass is 295 g/mol. The van der Waals surface area contributed by atoms with Crippen LogP contribution in [0, 0.1) is 0 Å². The van der Waals surface area contributed by atoms with Crippen molar-refractivity contribution >= 4 is 33.6 Å². The maximum Gasteiger partial charge on any atom is 0.244 e. The van der Waals surface area contributed by atoms with Gasteiger partial charge in [0, 0.05) is 10.0 Å². The molecular formula is C10H6BrN3OS. The molecule has 0 fully saturated rings. The van der Waals surface area contributed by atoms with Crippen molar-refractivity contribution in [3.63, 3.8) is 0 Å². The summed E-state index contributed by atoms with van der Waals surface area (Å²) in [7, 11) is 0. The third-order valence-corrected chi connectivity index (χ3v) is 3.93. The minimum absolute atomic E-state index is 0.0377. The zero-order valence-corrected chi connectivity index (χ0v) is 10.5. The number of halogens is 1. The Hall–Kier alpha value is -1.14. The first-order chi connectivity index (χ1) is 7.77. The van der Waals surface area contributed by atoms with Gasteiger partial charge in [-0.15, -0.1) is 10.2 Å². The molecule has 0 radical (unpaired) electrons. The number of carbonyl (C=O) groups is 1. The summed E-state index contributed by atoms with van der Waals surface area (Å²) in [6.45, 7) is 0. The van der Waals surface area contributed by atoms with Crippen LogP contribution in [-0.4, -0.2) is 26.4 Å². The summed E-state index contributed by atoms with van der Waals surface area (Å²) in [6.07, 6.45) is 0. The van der Waals surface area contributed by atoms with Crippen molar-refractivity contribution in [3.05, 3.63) is 28.7 Å². The number of hydrogen-bond acceptors (Lipinski definition) is 4. The highest BCUT2D eigenvalue weighted by Crippen LogP contribution is 2.32. The second-order valence-corrected chi connectivity index (χ2v) is 5.10. The lowest BCUT2D eigenvalue weighted by Gasteiger charge is -2.03. The van der Waals surface area contributed by atoms with E-state index in [1.54, 1.807) is 4.57 Å². The highest BCUT2D eigenvalue weighted by Gasteiger charge is 2.26. The molecule has 4 nitrogen and oxygen atoms in total. The van der Waals surface area contributed by atoms with E-state index in [2.05, 4.69) is 26.1 Å². The van der Waals surface area contributed by atoms with Crippen LogP contribution in [0.15, 0.2) is 33.9 Å². The Bertz CT molecular complexity index is 581. The van der Waals surface area contributed by atoms with Crippen molar-refractivity contribution in [1.82, 2.24) is 14.8 Å². The highest BCUT2D eigenvalue weighted by molar-refractivity contribution is 9.10. The van der Waals surface area contributed by atoms with Gasteiger partial charge < -0.3 is 0 Å². The van der Waals surface area contributed by atoms with Gasteiger partial charge in [-0.05, 0) is 6.07 Å². The van der Waals surface area contributed by atoms with Crippen molar-refractivity contribution < 1.29 is 4.79 Å². The maximum atomic E-state index is 11.7. The first-order valence-electron chi connectivity index (χ1n) is 4.63. The standard InChI is InChI=1S/C10H6BrN3OS/c11-7-4-2-1-3-6(7)9-12-13-10-14(9)8(15)5-16-10/h1-4H,5H2. The third-order valence-electron chi connectivity index (χ3n) is 2.32. The molecule has 0 unspecified atom stereocenters. The molecular weight excluding hydrogens is 290 g/mol. The van der Waals surface area contributed by atoms with Crippen molar-refractivity contribution in [1.29, 1.82) is 0 Å². The molecule has 0 amide bonds. The van der Waals surface area contributed by atoms with E-state index in [-0.39, 0.29) is 5.91 Å². The van der Waals surface area contributed by atoms with E-state index in [4.69, 9.17) is 0 Å². The van der Waals surface area contributed by atoms with E-state index in [0.29, 0.717) is 16.7 Å². The number of fused-ring (bicyclic) bond motifs is 1. The fraction of sp³-hybridized carbons (Fsp3) is 0.100. The van der Waals surface area contributed by atoms with Crippen molar-refractivity contribution in [3.8, 4) is 11.4 Å². The van der Waals surface area contributed by atoms with E-state index in [9.17, 15) is 4.79 Å². The van der Waals surface area contributed by atoms with Crippen molar-refractivity contribution in [2.45, 2.75) is 5.16 Å². The number of nitrogens with zero attached hydrogens (tertiary/aromatic N) is 3. The summed E-state index contributed by atoms with van der Waals surface area (Å²) in [6, 6.07) is 7.67. The van der Waals surface area contributed by atoms with Crippen LogP contribution in [0.25, 0.3) is 11.4 Å². The molecule has 1 aromatic carbocycles. The molecule has 0 N–H and O–H groups in total. The van der Waals surface area contributed by atoms with Crippen LogP contribution in [-0.2, 0) is 0 Å². The average molecular weight is 296 g/mol. The van der Waals surface area contributed by atoms with Crippen LogP contribution in [0.2, 0.25) is 0 Å². The van der Waals surface area contributed by atoms with E-state index in [0.717, 1.165) is 10.0 Å². The minimum atomic E-state index is 0.0377. The van der Waals surface area contributed by atoms with Crippen LogP contribution in [0.4, 0.5) is 0 Å². The first kappa shape index (κ1) is 10.0. The van der Waals surface area contributed by atoms with Crippen LogP contribution < -0.4 is 0 Å². The number of aromatic nitrogens is 3. The smallest absolute Gasteiger partial charge is 0.244 e. The lowest BCUT2D eigenvalue weighted by atomic mass is 10.2. The zero-order chi connectivity index (χ0) is 11.1. The fourth-order valence-electron chi connectivity index (χ4n) is 1.60. The van der Waals surface area contributed by atoms with Crippen molar-refractivity contribution in [2.75, 3.05) is 5.75 Å². The Morgan fingerprint density at radius 3 is 2.94 bits per heavy atom. The quantitative estimate of drug-likeness (QED) is 0.811. The number of hydrogen-bond donors (Lipinski definition) is 0. The van der Waals surface area contributed by atoms with Gasteiger partial charge in [0.1, 0.15) is 0 Å². The topological polar surface area (TPSA) is 47.8 Å². The Morgan fingerprint density at radius 2 is 2.12 bits per heavy atom. The average Bonchev–Trinajstić information content (AvgIpc) is 2.83. The van der Waals surface area contributed by atoms with E-state index in [1.807, 2.05) is 24.3 Å². The van der Waals surface area contributed by atoms with Gasteiger partial charge >= 0.3 is 0 Å². The van der Waals surface area contributed by atoms with Gasteiger partial charge in [0.05, 0.1) is 5.75 Å². The summed E-state index contributed by atoms with van der Waals surface area (Å²) in [5, 5.41) is 8.74. The van der Waals surface area contributed by atoms with Crippen LogP contribution in [0.1, 0.15) is 4.79 Å². The van der Waals surface area contributed by atoms with Crippen LogP contribution in [0.5, 0.6) is 0 Å². The second-order valence-electron chi connectivity index (χ2n) is 3.30. The normalized spacial score (nSPS) is 14.2. The van der Waals surface area contributed by atoms with Gasteiger partial charge in [-0.1, -0.05) is 45.9 Å². The molecule has 6 heteroatoms. The predicted molar refractivity (Wildman–Crippen MR) is 64.5 cm³/mol. The number of benzene rings is 1. The minimum Gasteiger partial charge on any atom is -0.273 e. The number of rotatable bonds is 1. The molecule has 2 aromatic rings. The fourth-order valence-corrected chi connectivity index (χ4v) is 2.86. The lowest BCUT2D eigenvalue weighted by molar-refractivity contribution is 0.0941. The van der Waals surface area contributed by atoms with E-state index in [1.165, 1.54) is 11.8 Å². The molecule has 1 aliphatic rings. The molecule has 2 heterocycles. The molecule has 16 heavy (non-hydrogen) atoms. The van der Waals surface area contributed by atoms with E-state index < -0.39 is 0 Å². The molecule has 80 valence electrons. The lowest BCUT2D eigenvalue weighted by Crippen LogP contribution is -2.08. The number of thioether (sulfide) groups is 1. The summed E-state index contributed by atoms with van der Waals surface area (Å²) >= 11 is 4.87. The molecule has 1 aliphatic heterocycles. The predicted octanol–water partition coefficient (Wildman–Crippen LogP) is 2.45. The summed E-state index contributed by atoms with van der Waals surface area (Å²) in [4.78, 5) is 11.7. The van der Waals surface area contributed by atoms with Gasteiger partial charge in [0.25, 0.3) is 0 Å². The maximum absolute atomic E-state index is 11.7. The summed E-state index contributed by atoms with van der Waals surface area (Å²) in [5.74, 6) is 1.09. The molecule has 1 aromatic heterocycles. The Balaban J connectivity index is 2.22. The Labute approximate surface area is 104 Å². The SMILES string of the molecule is O=C1CSc2nnc(-c3ccccc3Br)n21. The molecule has 0 aliphatic carbocycles. The largest absolute Gasteiger partial charge is 0.273 e. The number of carbonyl (C=O) groups excluding carboxylic acids is 1. The van der Waals surface area contributed by atoms with E-state index >= 15 is 0 Å². The second kappa shape index (κ2) is 3.71. The van der Waals surface area contributed by atoms with Crippen LogP contribution in [0.3, 0.4) is 0 Å². The van der Waals surface area contributed by atoms with Gasteiger partial charge in [0.15, 0.2) is 11.0 Å².